The minimum absolute atomic E-state index is 0.198. The van der Waals surface area contributed by atoms with Crippen molar-refractivity contribution in [2.24, 2.45) is 0 Å². The van der Waals surface area contributed by atoms with Crippen LogP contribution in [0.15, 0.2) is 78.9 Å². The summed E-state index contributed by atoms with van der Waals surface area (Å²) in [4.78, 5) is 4.74. The first kappa shape index (κ1) is 21.1. The van der Waals surface area contributed by atoms with Gasteiger partial charge in [0.25, 0.3) is 0 Å². The Labute approximate surface area is 193 Å². The van der Waals surface area contributed by atoms with Crippen LogP contribution < -0.4 is 5.32 Å². The van der Waals surface area contributed by atoms with Crippen molar-refractivity contribution < 1.29 is 0 Å². The number of hydrogen-bond acceptors (Lipinski definition) is 2. The summed E-state index contributed by atoms with van der Waals surface area (Å²) in [6.07, 6.45) is 0. The van der Waals surface area contributed by atoms with E-state index in [1.807, 2.05) is 36.4 Å². The summed E-state index contributed by atoms with van der Waals surface area (Å²) in [5.41, 5.74) is 3.49. The molecule has 0 aromatic heterocycles. The Kier molecular flexibility index (Phi) is 6.90. The van der Waals surface area contributed by atoms with E-state index in [0.717, 1.165) is 42.0 Å². The molecule has 1 N–H and O–H groups in total. The van der Waals surface area contributed by atoms with Crippen molar-refractivity contribution in [2.75, 3.05) is 31.5 Å². The minimum Gasteiger partial charge on any atom is -0.346 e. The molecule has 0 aliphatic carbocycles. The molecule has 6 heteroatoms. The highest BCUT2D eigenvalue weighted by Crippen LogP contribution is 2.30. The molecule has 3 aromatic rings. The topological polar surface area (TPSA) is 18.5 Å². The molecule has 3 aromatic carbocycles. The molecule has 4 rings (SSSR count). The van der Waals surface area contributed by atoms with Gasteiger partial charge in [0.1, 0.15) is 0 Å². The van der Waals surface area contributed by atoms with Gasteiger partial charge in [-0.25, -0.2) is 0 Å². The van der Waals surface area contributed by atoms with E-state index in [0.29, 0.717) is 5.02 Å². The zero-order chi connectivity index (χ0) is 20.9. The van der Waals surface area contributed by atoms with Crippen LogP contribution in [-0.4, -0.2) is 41.1 Å². The first-order chi connectivity index (χ1) is 14.6. The van der Waals surface area contributed by atoms with Crippen LogP contribution in [0, 0.1) is 0 Å². The van der Waals surface area contributed by atoms with Gasteiger partial charge in [-0.3, -0.25) is 4.90 Å². The number of benzene rings is 3. The smallest absolute Gasteiger partial charge is 0.173 e. The molecule has 0 amide bonds. The van der Waals surface area contributed by atoms with Crippen molar-refractivity contribution in [1.29, 1.82) is 0 Å². The second-order valence-corrected chi connectivity index (χ2v) is 8.58. The van der Waals surface area contributed by atoms with E-state index >= 15 is 0 Å². The Morgan fingerprint density at radius 2 is 1.27 bits per heavy atom. The summed E-state index contributed by atoms with van der Waals surface area (Å²) in [5, 5.41) is 5.54. The van der Waals surface area contributed by atoms with Gasteiger partial charge in [0.2, 0.25) is 0 Å². The van der Waals surface area contributed by atoms with Gasteiger partial charge in [-0.1, -0.05) is 65.7 Å². The molecular formula is C24H23Cl2N3S. The average molecular weight is 456 g/mol. The summed E-state index contributed by atoms with van der Waals surface area (Å²) in [7, 11) is 0. The quantitative estimate of drug-likeness (QED) is 0.478. The van der Waals surface area contributed by atoms with E-state index in [1.165, 1.54) is 11.1 Å². The number of nitrogens with zero attached hydrogens (tertiary/aromatic N) is 2. The first-order valence-electron chi connectivity index (χ1n) is 9.96. The van der Waals surface area contributed by atoms with Gasteiger partial charge in [0.15, 0.2) is 5.11 Å². The second kappa shape index (κ2) is 9.80. The zero-order valence-corrected chi connectivity index (χ0v) is 18.8. The summed E-state index contributed by atoms with van der Waals surface area (Å²) in [6, 6.07) is 26.6. The maximum atomic E-state index is 6.13. The predicted molar refractivity (Wildman–Crippen MR) is 131 cm³/mol. The highest BCUT2D eigenvalue weighted by atomic mass is 35.5. The van der Waals surface area contributed by atoms with E-state index in [1.54, 1.807) is 0 Å². The summed E-state index contributed by atoms with van der Waals surface area (Å²) >= 11 is 17.7. The number of anilines is 1. The van der Waals surface area contributed by atoms with Crippen molar-refractivity contribution in [2.45, 2.75) is 6.04 Å². The molecule has 30 heavy (non-hydrogen) atoms. The van der Waals surface area contributed by atoms with Gasteiger partial charge in [-0.2, -0.15) is 0 Å². The molecule has 0 bridgehead atoms. The fourth-order valence-electron chi connectivity index (χ4n) is 3.81. The van der Waals surface area contributed by atoms with Crippen molar-refractivity contribution in [3.8, 4) is 0 Å². The Hall–Kier alpha value is -2.11. The molecule has 1 aliphatic rings. The van der Waals surface area contributed by atoms with E-state index < -0.39 is 0 Å². The van der Waals surface area contributed by atoms with Crippen molar-refractivity contribution >= 4 is 46.2 Å². The SMILES string of the molecule is S=C(Nc1ccc(Cl)cc1)N1CCN(C(c2ccccc2)c2ccc(Cl)cc2)CC1. The van der Waals surface area contributed by atoms with Gasteiger partial charge in [-0.05, 0) is 59.7 Å². The number of halogens is 2. The molecule has 0 spiro atoms. The van der Waals surface area contributed by atoms with Gasteiger partial charge in [0.05, 0.1) is 6.04 Å². The summed E-state index contributed by atoms with van der Waals surface area (Å²) in [6.45, 7) is 3.59. The lowest BCUT2D eigenvalue weighted by Crippen LogP contribution is -2.50. The van der Waals surface area contributed by atoms with Crippen LogP contribution in [0.4, 0.5) is 5.69 Å². The lowest BCUT2D eigenvalue weighted by molar-refractivity contribution is 0.151. The molecule has 1 saturated heterocycles. The molecule has 1 fully saturated rings. The molecule has 1 aliphatic heterocycles. The fraction of sp³-hybridized carbons (Fsp3) is 0.208. The molecular weight excluding hydrogens is 433 g/mol. The van der Waals surface area contributed by atoms with E-state index in [4.69, 9.17) is 35.4 Å². The summed E-state index contributed by atoms with van der Waals surface area (Å²) in [5.74, 6) is 0. The van der Waals surface area contributed by atoms with Crippen LogP contribution in [0.2, 0.25) is 10.0 Å². The largest absolute Gasteiger partial charge is 0.346 e. The molecule has 1 heterocycles. The lowest BCUT2D eigenvalue weighted by atomic mass is 9.96. The van der Waals surface area contributed by atoms with Crippen LogP contribution >= 0.6 is 35.4 Å². The number of piperazine rings is 1. The number of rotatable bonds is 4. The number of nitrogens with one attached hydrogen (secondary N) is 1. The third-order valence-electron chi connectivity index (χ3n) is 5.36. The average Bonchev–Trinajstić information content (AvgIpc) is 2.78. The minimum atomic E-state index is 0.198. The van der Waals surface area contributed by atoms with Gasteiger partial charge in [0, 0.05) is 41.9 Å². The van der Waals surface area contributed by atoms with Crippen molar-refractivity contribution in [3.63, 3.8) is 0 Å². The third-order valence-corrected chi connectivity index (χ3v) is 6.23. The Bertz CT molecular complexity index is 970. The standard InChI is InChI=1S/C24H23Cl2N3S/c25-20-8-6-19(7-9-20)23(18-4-2-1-3-5-18)28-14-16-29(17-15-28)24(30)27-22-12-10-21(26)11-13-22/h1-13,23H,14-17H2,(H,27,30). The van der Waals surface area contributed by atoms with Crippen molar-refractivity contribution in [3.05, 3.63) is 100 Å². The number of hydrogen-bond donors (Lipinski definition) is 1. The second-order valence-electron chi connectivity index (χ2n) is 7.32. The van der Waals surface area contributed by atoms with E-state index in [2.05, 4.69) is 57.6 Å². The molecule has 3 nitrogen and oxygen atoms in total. The molecule has 1 unspecified atom stereocenters. The normalized spacial score (nSPS) is 15.6. The Morgan fingerprint density at radius 1 is 0.733 bits per heavy atom. The first-order valence-corrected chi connectivity index (χ1v) is 11.1. The van der Waals surface area contributed by atoms with Crippen LogP contribution in [-0.2, 0) is 0 Å². The van der Waals surface area contributed by atoms with Gasteiger partial charge >= 0.3 is 0 Å². The van der Waals surface area contributed by atoms with Gasteiger partial charge < -0.3 is 10.2 Å². The fourth-order valence-corrected chi connectivity index (χ4v) is 4.37. The molecule has 0 radical (unpaired) electrons. The predicted octanol–water partition coefficient (Wildman–Crippen LogP) is 6.10. The molecule has 0 saturated carbocycles. The van der Waals surface area contributed by atoms with E-state index in [-0.39, 0.29) is 6.04 Å². The van der Waals surface area contributed by atoms with Gasteiger partial charge in [-0.15, -0.1) is 0 Å². The third kappa shape index (κ3) is 5.13. The van der Waals surface area contributed by atoms with Crippen LogP contribution in [0.5, 0.6) is 0 Å². The number of thiocarbonyl (C=S) groups is 1. The van der Waals surface area contributed by atoms with Crippen LogP contribution in [0.3, 0.4) is 0 Å². The molecule has 154 valence electrons. The maximum absolute atomic E-state index is 6.13. The van der Waals surface area contributed by atoms with E-state index in [9.17, 15) is 0 Å². The highest BCUT2D eigenvalue weighted by molar-refractivity contribution is 7.80. The monoisotopic (exact) mass is 455 g/mol. The molecule has 1 atom stereocenters. The Morgan fingerprint density at radius 3 is 1.87 bits per heavy atom. The zero-order valence-electron chi connectivity index (χ0n) is 16.5. The van der Waals surface area contributed by atoms with Crippen LogP contribution in [0.25, 0.3) is 0 Å². The highest BCUT2D eigenvalue weighted by Gasteiger charge is 2.27. The summed E-state index contributed by atoms with van der Waals surface area (Å²) < 4.78 is 0. The van der Waals surface area contributed by atoms with Crippen LogP contribution in [0.1, 0.15) is 17.2 Å². The maximum Gasteiger partial charge on any atom is 0.173 e. The Balaban J connectivity index is 1.45. The van der Waals surface area contributed by atoms with Crippen molar-refractivity contribution in [1.82, 2.24) is 9.80 Å². The lowest BCUT2D eigenvalue weighted by Gasteiger charge is -2.40.